The molecule has 206 valence electrons. The largest absolute Gasteiger partial charge is 0.491 e. The summed E-state index contributed by atoms with van der Waals surface area (Å²) in [6, 6.07) is 4.02. The number of carbonyl (C=O) groups is 1. The van der Waals surface area contributed by atoms with Crippen LogP contribution in [-0.4, -0.2) is 47.4 Å². The van der Waals surface area contributed by atoms with Crippen molar-refractivity contribution in [2.45, 2.75) is 26.3 Å². The van der Waals surface area contributed by atoms with Crippen molar-refractivity contribution in [3.63, 3.8) is 0 Å². The monoisotopic (exact) mass is 602 g/mol. The van der Waals surface area contributed by atoms with Crippen LogP contribution in [0.1, 0.15) is 36.2 Å². The predicted octanol–water partition coefficient (Wildman–Crippen LogP) is 3.43. The first-order valence-electron chi connectivity index (χ1n) is 10.4. The molecule has 2 aromatic rings. The van der Waals surface area contributed by atoms with Gasteiger partial charge in [0, 0.05) is 17.5 Å². The van der Waals surface area contributed by atoms with E-state index < -0.39 is 41.7 Å². The van der Waals surface area contributed by atoms with Crippen LogP contribution in [0.5, 0.6) is 5.75 Å². The minimum absolute atomic E-state index is 0. The third kappa shape index (κ3) is 11.7. The Labute approximate surface area is 226 Å². The molecule has 0 saturated heterocycles. The second-order valence-corrected chi connectivity index (χ2v) is 8.08. The number of nitrogens with one attached hydrogen (secondary N) is 1. The highest BCUT2D eigenvalue weighted by molar-refractivity contribution is 9.18. The van der Waals surface area contributed by atoms with Crippen LogP contribution in [0.2, 0.25) is 0 Å². The number of nitrogens with zero attached hydrogens (tertiary/aromatic N) is 1. The number of rotatable bonds is 7. The summed E-state index contributed by atoms with van der Waals surface area (Å²) in [6.45, 7) is 0. The van der Waals surface area contributed by atoms with E-state index in [0.717, 1.165) is 44.2 Å². The molecular formula is C24H28BBrF4N4O4. The molecule has 3 rings (SSSR count). The number of methoxy groups -OCH3 is 1. The van der Waals surface area contributed by atoms with Gasteiger partial charge in [0.05, 0.1) is 23.3 Å². The molecule has 7 N–H and O–H groups in total. The lowest BCUT2D eigenvalue weighted by Crippen LogP contribution is -2.30. The van der Waals surface area contributed by atoms with Crippen molar-refractivity contribution < 1.29 is 37.1 Å². The summed E-state index contributed by atoms with van der Waals surface area (Å²) in [7, 11) is -0.772. The van der Waals surface area contributed by atoms with Crippen LogP contribution in [0, 0.1) is 28.7 Å². The molecule has 0 heterocycles. The number of aldehydes is 1. The van der Waals surface area contributed by atoms with Crippen LogP contribution in [-0.2, 0) is 0 Å². The van der Waals surface area contributed by atoms with Crippen LogP contribution >= 0.6 is 15.9 Å². The highest BCUT2D eigenvalue weighted by Gasteiger charge is 2.19. The van der Waals surface area contributed by atoms with E-state index >= 15 is 0 Å². The van der Waals surface area contributed by atoms with Crippen LogP contribution in [0.3, 0.4) is 0 Å². The number of aliphatic imine (C=N–C) groups is 1. The molecule has 1 aliphatic rings. The molecule has 0 aromatic heterocycles. The van der Waals surface area contributed by atoms with Gasteiger partial charge in [0.1, 0.15) is 11.6 Å². The lowest BCUT2D eigenvalue weighted by Gasteiger charge is -2.05. The van der Waals surface area contributed by atoms with Gasteiger partial charge in [-0.15, -0.1) is 0 Å². The average molecular weight is 603 g/mol. The van der Waals surface area contributed by atoms with Crippen molar-refractivity contribution in [1.82, 2.24) is 0 Å². The van der Waals surface area contributed by atoms with Crippen molar-refractivity contribution in [2.75, 3.05) is 7.11 Å². The van der Waals surface area contributed by atoms with Gasteiger partial charge < -0.3 is 26.3 Å². The smallest absolute Gasteiger partial charge is 0.488 e. The molecule has 1 aliphatic carbocycles. The van der Waals surface area contributed by atoms with Gasteiger partial charge >= 0.3 is 7.12 Å². The molecule has 0 radical (unpaired) electrons. The Hall–Kier alpha value is -3.49. The number of benzene rings is 2. The molecule has 0 bridgehead atoms. The van der Waals surface area contributed by atoms with Gasteiger partial charge in [-0.05, 0) is 76.9 Å². The molecule has 2 aromatic carbocycles. The van der Waals surface area contributed by atoms with Crippen LogP contribution < -0.4 is 21.7 Å². The summed E-state index contributed by atoms with van der Waals surface area (Å²) in [5.41, 5.74) is 10.1. The van der Waals surface area contributed by atoms with E-state index in [4.69, 9.17) is 26.9 Å². The fraction of sp³-hybridized carbons (Fsp3) is 0.208. The summed E-state index contributed by atoms with van der Waals surface area (Å²) in [4.78, 5) is 14.6. The molecule has 1 saturated carbocycles. The third-order valence-electron chi connectivity index (χ3n) is 4.39. The summed E-state index contributed by atoms with van der Waals surface area (Å²) in [5, 5.41) is 23.9. The van der Waals surface area contributed by atoms with Gasteiger partial charge in [0.25, 0.3) is 0 Å². The van der Waals surface area contributed by atoms with E-state index in [1.807, 2.05) is 0 Å². The van der Waals surface area contributed by atoms with E-state index in [-0.39, 0.29) is 30.4 Å². The Balaban J connectivity index is 0.000000602. The average Bonchev–Trinajstić information content (AvgIpc) is 3.63. The first kappa shape index (κ1) is 34.5. The normalized spacial score (nSPS) is 12.6. The SMILES string of the molecule is C.COc1c(F)cc(B(O)O)cc1F.N=C(Br)/C=C\N.NC(=CC=NC1CC1)c1cc(F)c(C=O)c(F)c1. The zero-order chi connectivity index (χ0) is 28.1. The van der Waals surface area contributed by atoms with Gasteiger partial charge in [0.2, 0.25) is 0 Å². The molecule has 14 heteroatoms. The molecule has 38 heavy (non-hydrogen) atoms. The lowest BCUT2D eigenvalue weighted by atomic mass is 9.80. The standard InChI is InChI=1S/C13H12F2N2O.C7H7BF2O3.C3H5BrN2.CH4/c14-11-5-8(6-12(15)10(11)7-18)13(16)3-4-17-9-1-2-9;1-13-7-5(9)2-4(8(11)12)3-6(7)10;4-3(6)1-2-5;/h3-7,9H,1-2,16H2;2-3,11-12H,1H3;1-2,6H,5H2;1H4/b;;2-1-,6-3?;. The number of nitrogens with two attached hydrogens (primary N) is 2. The zero-order valence-corrected chi connectivity index (χ0v) is 21.1. The van der Waals surface area contributed by atoms with Crippen LogP contribution in [0.4, 0.5) is 17.6 Å². The van der Waals surface area contributed by atoms with E-state index in [1.165, 1.54) is 24.6 Å². The predicted molar refractivity (Wildman–Crippen MR) is 145 cm³/mol. The summed E-state index contributed by atoms with van der Waals surface area (Å²) >= 11 is 2.85. The molecule has 0 atom stereocenters. The Morgan fingerprint density at radius 1 is 1.13 bits per heavy atom. The summed E-state index contributed by atoms with van der Waals surface area (Å²) < 4.78 is 57.2. The van der Waals surface area contributed by atoms with Crippen molar-refractivity contribution >= 4 is 51.3 Å². The topological polar surface area (TPSA) is 155 Å². The fourth-order valence-corrected chi connectivity index (χ4v) is 2.59. The van der Waals surface area contributed by atoms with E-state index in [0.29, 0.717) is 10.7 Å². The Morgan fingerprint density at radius 2 is 1.66 bits per heavy atom. The number of carbonyl (C=O) groups excluding carboxylic acids is 1. The van der Waals surface area contributed by atoms with Gasteiger partial charge in [-0.1, -0.05) is 7.43 Å². The summed E-state index contributed by atoms with van der Waals surface area (Å²) in [6.07, 6.45) is 8.06. The third-order valence-corrected chi connectivity index (χ3v) is 4.66. The summed E-state index contributed by atoms with van der Waals surface area (Å²) in [5.74, 6) is -4.31. The van der Waals surface area contributed by atoms with Crippen molar-refractivity contribution in [3.05, 3.63) is 77.0 Å². The second-order valence-electron chi connectivity index (χ2n) is 7.22. The van der Waals surface area contributed by atoms with Gasteiger partial charge in [0.15, 0.2) is 23.7 Å². The molecule has 0 amide bonds. The number of ether oxygens (including phenoxy) is 1. The number of halogens is 5. The van der Waals surface area contributed by atoms with Crippen molar-refractivity contribution in [3.8, 4) is 5.75 Å². The molecule has 0 aliphatic heterocycles. The van der Waals surface area contributed by atoms with Gasteiger partial charge in [-0.25, -0.2) is 17.6 Å². The van der Waals surface area contributed by atoms with Gasteiger partial charge in [-0.2, -0.15) is 0 Å². The maximum absolute atomic E-state index is 13.3. The van der Waals surface area contributed by atoms with E-state index in [2.05, 4.69) is 25.7 Å². The maximum atomic E-state index is 13.3. The Bertz CT molecular complexity index is 1150. The molecule has 0 spiro atoms. The second kappa shape index (κ2) is 17.1. The highest BCUT2D eigenvalue weighted by Crippen LogP contribution is 2.23. The lowest BCUT2D eigenvalue weighted by molar-refractivity contribution is 0.111. The molecule has 8 nitrogen and oxygen atoms in total. The van der Waals surface area contributed by atoms with Crippen LogP contribution in [0.15, 0.2) is 47.6 Å². The Morgan fingerprint density at radius 3 is 2.00 bits per heavy atom. The molecule has 1 fully saturated rings. The van der Waals surface area contributed by atoms with Crippen LogP contribution in [0.25, 0.3) is 5.70 Å². The molecule has 0 unspecified atom stereocenters. The van der Waals surface area contributed by atoms with Crippen molar-refractivity contribution in [2.24, 2.45) is 16.5 Å². The first-order chi connectivity index (χ1) is 17.4. The Kier molecular flexibility index (Phi) is 15.5. The highest BCUT2D eigenvalue weighted by atomic mass is 79.9. The fourth-order valence-electron chi connectivity index (χ4n) is 2.44. The number of allylic oxidation sites excluding steroid dienone is 2. The van der Waals surface area contributed by atoms with Gasteiger partial charge in [-0.3, -0.25) is 15.2 Å². The molecular weight excluding hydrogens is 575 g/mol. The minimum atomic E-state index is -1.89. The minimum Gasteiger partial charge on any atom is -0.491 e. The van der Waals surface area contributed by atoms with Crippen molar-refractivity contribution in [1.29, 1.82) is 5.41 Å². The number of hydrogen-bond donors (Lipinski definition) is 5. The van der Waals surface area contributed by atoms with E-state index in [1.54, 1.807) is 0 Å². The maximum Gasteiger partial charge on any atom is 0.488 e. The zero-order valence-electron chi connectivity index (χ0n) is 19.5. The quantitative estimate of drug-likeness (QED) is 0.142. The number of hydrogen-bond acceptors (Lipinski definition) is 8. The first-order valence-corrected chi connectivity index (χ1v) is 11.2. The van der Waals surface area contributed by atoms with E-state index in [9.17, 15) is 22.4 Å².